The maximum Gasteiger partial charge on any atom is 0.433 e. The maximum absolute atomic E-state index is 12.8. The summed E-state index contributed by atoms with van der Waals surface area (Å²) < 4.78 is 51.4. The van der Waals surface area contributed by atoms with Crippen LogP contribution < -0.4 is 10.3 Å². The zero-order valence-corrected chi connectivity index (χ0v) is 18.8. The fourth-order valence-electron chi connectivity index (χ4n) is 4.22. The molecule has 1 amide bonds. The highest BCUT2D eigenvalue weighted by Gasteiger charge is 2.32. The number of hydrogen-bond donors (Lipinski definition) is 1. The fraction of sp³-hybridized carbons (Fsp3) is 0.240. The Kier molecular flexibility index (Phi) is 5.91. The van der Waals surface area contributed by atoms with Gasteiger partial charge in [0.05, 0.1) is 17.9 Å². The van der Waals surface area contributed by atoms with Crippen molar-refractivity contribution in [1.82, 2.24) is 14.5 Å². The van der Waals surface area contributed by atoms with Gasteiger partial charge in [-0.15, -0.1) is 0 Å². The summed E-state index contributed by atoms with van der Waals surface area (Å²) in [6.45, 7) is 0.446. The van der Waals surface area contributed by atoms with E-state index >= 15 is 0 Å². The van der Waals surface area contributed by atoms with Crippen LogP contribution in [0.15, 0.2) is 63.9 Å². The molecule has 11 heteroatoms. The van der Waals surface area contributed by atoms with E-state index in [1.54, 1.807) is 18.2 Å². The van der Waals surface area contributed by atoms with E-state index in [0.717, 1.165) is 22.8 Å². The average molecular weight is 499 g/mol. The van der Waals surface area contributed by atoms with E-state index in [1.807, 2.05) is 0 Å². The molecule has 0 spiro atoms. The van der Waals surface area contributed by atoms with E-state index < -0.39 is 23.5 Å². The Bertz CT molecular complexity index is 1510. The fourth-order valence-corrected chi connectivity index (χ4v) is 4.22. The molecule has 0 radical (unpaired) electrons. The number of benzene rings is 1. The summed E-state index contributed by atoms with van der Waals surface area (Å²) in [5.41, 5.74) is 0.578. The Labute approximate surface area is 202 Å². The number of hydrogen-bond acceptors (Lipinski definition) is 5. The third-order valence-corrected chi connectivity index (χ3v) is 5.96. The van der Waals surface area contributed by atoms with Gasteiger partial charge in [0.1, 0.15) is 29.4 Å². The molecule has 8 nitrogen and oxygen atoms in total. The van der Waals surface area contributed by atoms with Gasteiger partial charge in [-0.2, -0.15) is 13.2 Å². The van der Waals surface area contributed by atoms with Crippen LogP contribution in [0.5, 0.6) is 5.75 Å². The Morgan fingerprint density at radius 1 is 1.17 bits per heavy atom. The van der Waals surface area contributed by atoms with Crippen LogP contribution in [-0.4, -0.2) is 32.2 Å². The summed E-state index contributed by atoms with van der Waals surface area (Å²) in [7, 11) is 0. The van der Waals surface area contributed by atoms with Crippen LogP contribution in [0, 0.1) is 0 Å². The molecule has 5 rings (SSSR count). The first kappa shape index (κ1) is 23.5. The lowest BCUT2D eigenvalue weighted by molar-refractivity contribution is -0.141. The highest BCUT2D eigenvalue weighted by Crippen LogP contribution is 2.32. The van der Waals surface area contributed by atoms with Crippen LogP contribution in [0.2, 0.25) is 0 Å². The van der Waals surface area contributed by atoms with E-state index in [9.17, 15) is 27.9 Å². The molecule has 0 saturated heterocycles. The smallest absolute Gasteiger partial charge is 0.433 e. The first-order valence-corrected chi connectivity index (χ1v) is 11.1. The predicted octanol–water partition coefficient (Wildman–Crippen LogP) is 5.00. The minimum absolute atomic E-state index is 0.0819. The van der Waals surface area contributed by atoms with E-state index in [-0.39, 0.29) is 24.6 Å². The van der Waals surface area contributed by atoms with Crippen molar-refractivity contribution in [3.63, 3.8) is 0 Å². The number of carbonyl (C=O) groups is 1. The molecule has 0 atom stereocenters. The molecular formula is C25H20F3N3O5. The van der Waals surface area contributed by atoms with Crippen LogP contribution in [-0.2, 0) is 25.7 Å². The second-order valence-corrected chi connectivity index (χ2v) is 8.36. The Morgan fingerprint density at radius 3 is 2.75 bits per heavy atom. The number of carboxylic acid groups (broad SMARTS) is 1. The average Bonchev–Trinajstić information content (AvgIpc) is 3.03. The van der Waals surface area contributed by atoms with Gasteiger partial charge in [0.15, 0.2) is 0 Å². The second kappa shape index (κ2) is 9.06. The first-order valence-electron chi connectivity index (χ1n) is 11.1. The summed E-state index contributed by atoms with van der Waals surface area (Å²) in [6.07, 6.45) is -2.76. The molecule has 0 aliphatic carbocycles. The summed E-state index contributed by atoms with van der Waals surface area (Å²) in [5, 5.41) is 10.2. The third kappa shape index (κ3) is 4.64. The topological polar surface area (TPSA) is 97.8 Å². The lowest BCUT2D eigenvalue weighted by Gasteiger charge is -2.15. The van der Waals surface area contributed by atoms with Crippen molar-refractivity contribution in [3.05, 3.63) is 87.8 Å². The summed E-state index contributed by atoms with van der Waals surface area (Å²) >= 11 is 0. The van der Waals surface area contributed by atoms with Crippen molar-refractivity contribution < 1.29 is 32.2 Å². The number of furan rings is 1. The molecule has 4 heterocycles. The van der Waals surface area contributed by atoms with Crippen LogP contribution in [0.1, 0.15) is 29.1 Å². The number of rotatable bonds is 4. The second-order valence-electron chi connectivity index (χ2n) is 8.36. The van der Waals surface area contributed by atoms with Crippen molar-refractivity contribution in [1.29, 1.82) is 0 Å². The Balaban J connectivity index is 1.36. The minimum atomic E-state index is -4.56. The normalized spacial score (nSPS) is 13.9. The molecule has 3 aromatic heterocycles. The SMILES string of the molecule is O=C(O)N1CCCc2oc3cc(-n4ccc(OCc5cccc(C(F)(F)F)n5)cc4=O)ccc3c2C1. The van der Waals surface area contributed by atoms with Gasteiger partial charge in [-0.25, -0.2) is 9.78 Å². The van der Waals surface area contributed by atoms with E-state index in [0.29, 0.717) is 30.7 Å². The number of ether oxygens (including phenoxy) is 1. The van der Waals surface area contributed by atoms with Crippen LogP contribution in [0.3, 0.4) is 0 Å². The largest absolute Gasteiger partial charge is 0.487 e. The van der Waals surface area contributed by atoms with Crippen molar-refractivity contribution in [2.24, 2.45) is 0 Å². The van der Waals surface area contributed by atoms with Gasteiger partial charge < -0.3 is 19.2 Å². The highest BCUT2D eigenvalue weighted by molar-refractivity contribution is 5.84. The number of alkyl halides is 3. The number of aromatic nitrogens is 2. The molecule has 0 saturated carbocycles. The quantitative estimate of drug-likeness (QED) is 0.424. The summed E-state index contributed by atoms with van der Waals surface area (Å²) in [4.78, 5) is 29.1. The zero-order chi connectivity index (χ0) is 25.4. The molecule has 0 unspecified atom stereocenters. The van der Waals surface area contributed by atoms with Gasteiger partial charge in [0.25, 0.3) is 5.56 Å². The van der Waals surface area contributed by atoms with Crippen molar-refractivity contribution in [2.45, 2.75) is 32.2 Å². The number of pyridine rings is 2. The molecule has 186 valence electrons. The lowest BCUT2D eigenvalue weighted by atomic mass is 10.1. The number of nitrogens with zero attached hydrogens (tertiary/aromatic N) is 3. The molecule has 0 bridgehead atoms. The van der Waals surface area contributed by atoms with E-state index in [2.05, 4.69) is 4.98 Å². The molecule has 1 aliphatic heterocycles. The molecule has 0 fully saturated rings. The Morgan fingerprint density at radius 2 is 2.00 bits per heavy atom. The van der Waals surface area contributed by atoms with E-state index in [4.69, 9.17) is 9.15 Å². The minimum Gasteiger partial charge on any atom is -0.487 e. The number of aryl methyl sites for hydroxylation is 1. The van der Waals surface area contributed by atoms with Gasteiger partial charge in [-0.1, -0.05) is 6.07 Å². The summed E-state index contributed by atoms with van der Waals surface area (Å²) in [5.74, 6) is 0.931. The Hall–Kier alpha value is -4.28. The van der Waals surface area contributed by atoms with Crippen LogP contribution in [0.25, 0.3) is 16.7 Å². The van der Waals surface area contributed by atoms with Gasteiger partial charge in [-0.3, -0.25) is 9.36 Å². The van der Waals surface area contributed by atoms with Gasteiger partial charge in [0, 0.05) is 42.2 Å². The van der Waals surface area contributed by atoms with Crippen molar-refractivity contribution in [3.8, 4) is 11.4 Å². The number of amides is 1. The number of fused-ring (bicyclic) bond motifs is 3. The first-order chi connectivity index (χ1) is 17.2. The maximum atomic E-state index is 12.8. The molecule has 4 aromatic rings. The lowest BCUT2D eigenvalue weighted by Crippen LogP contribution is -2.28. The molecule has 36 heavy (non-hydrogen) atoms. The standard InChI is InChI=1S/C25H20F3N3O5/c26-25(27,28)22-5-1-3-15(29-22)14-35-17-8-10-31(23(32)12-17)16-6-7-18-19-13-30(24(33)34)9-2-4-20(19)36-21(18)11-16/h1,3,5-8,10-12H,2,4,9,13-14H2,(H,33,34). The van der Waals surface area contributed by atoms with Gasteiger partial charge >= 0.3 is 12.3 Å². The van der Waals surface area contributed by atoms with Gasteiger partial charge in [-0.05, 0) is 36.8 Å². The zero-order valence-electron chi connectivity index (χ0n) is 18.8. The predicted molar refractivity (Wildman–Crippen MR) is 122 cm³/mol. The third-order valence-electron chi connectivity index (χ3n) is 5.96. The van der Waals surface area contributed by atoms with Crippen molar-refractivity contribution in [2.75, 3.05) is 6.54 Å². The molecule has 1 aromatic carbocycles. The van der Waals surface area contributed by atoms with Gasteiger partial charge in [0.2, 0.25) is 0 Å². The van der Waals surface area contributed by atoms with Crippen LogP contribution in [0.4, 0.5) is 18.0 Å². The molecule has 1 N–H and O–H groups in total. The van der Waals surface area contributed by atoms with E-state index in [1.165, 1.54) is 39.9 Å². The highest BCUT2D eigenvalue weighted by atomic mass is 19.4. The van der Waals surface area contributed by atoms with Crippen LogP contribution >= 0.6 is 0 Å². The molecular weight excluding hydrogens is 479 g/mol. The van der Waals surface area contributed by atoms with Crippen molar-refractivity contribution >= 4 is 17.1 Å². The summed E-state index contributed by atoms with van der Waals surface area (Å²) in [6, 6.07) is 11.5. The number of halogens is 3. The monoisotopic (exact) mass is 499 g/mol. The molecule has 1 aliphatic rings.